The normalized spacial score (nSPS) is 12.3. The topological polar surface area (TPSA) is 126 Å². The minimum atomic E-state index is -4.91. The summed E-state index contributed by atoms with van der Waals surface area (Å²) >= 11 is 0. The molecule has 10 nitrogen and oxygen atoms in total. The molecule has 2 aromatic carbocycles. The summed E-state index contributed by atoms with van der Waals surface area (Å²) in [6.45, 7) is 6.67. The van der Waals surface area contributed by atoms with Crippen LogP contribution in [0.25, 0.3) is 11.3 Å². The highest BCUT2D eigenvalue weighted by molar-refractivity contribution is 5.77. The summed E-state index contributed by atoms with van der Waals surface area (Å²) < 4.78 is 100. The van der Waals surface area contributed by atoms with Gasteiger partial charge in [0.05, 0.1) is 23.1 Å². The summed E-state index contributed by atoms with van der Waals surface area (Å²) in [5, 5.41) is 17.8. The number of esters is 1. The monoisotopic (exact) mass is 656 g/mol. The molecular weight excluding hydrogens is 626 g/mol. The van der Waals surface area contributed by atoms with E-state index in [1.165, 1.54) is 38.1 Å². The van der Waals surface area contributed by atoms with Crippen LogP contribution >= 0.6 is 0 Å². The van der Waals surface area contributed by atoms with Gasteiger partial charge in [0.2, 0.25) is 0 Å². The molecule has 0 saturated heterocycles. The van der Waals surface area contributed by atoms with E-state index < -0.39 is 58.8 Å². The highest BCUT2D eigenvalue weighted by atomic mass is 19.4. The quantitative estimate of drug-likeness (QED) is 0.168. The average molecular weight is 657 g/mol. The summed E-state index contributed by atoms with van der Waals surface area (Å²) in [5.41, 5.74) is -4.93. The number of benzene rings is 2. The second kappa shape index (κ2) is 13.7. The highest BCUT2D eigenvalue weighted by Gasteiger charge is 2.37. The lowest BCUT2D eigenvalue weighted by Crippen LogP contribution is -2.37. The fourth-order valence-electron chi connectivity index (χ4n) is 3.74. The second-order valence-electron chi connectivity index (χ2n) is 11.6. The van der Waals surface area contributed by atoms with Gasteiger partial charge in [0.25, 0.3) is 0 Å². The first-order chi connectivity index (χ1) is 21.2. The van der Waals surface area contributed by atoms with Crippen molar-refractivity contribution in [2.75, 3.05) is 13.2 Å². The van der Waals surface area contributed by atoms with E-state index in [0.717, 1.165) is 4.80 Å². The number of rotatable bonds is 10. The van der Waals surface area contributed by atoms with Crippen molar-refractivity contribution < 1.29 is 54.9 Å². The molecule has 3 aromatic rings. The number of halogens is 6. The molecule has 248 valence electrons. The third-order valence-electron chi connectivity index (χ3n) is 6.01. The Labute approximate surface area is 259 Å². The smallest absolute Gasteiger partial charge is 0.489 e. The van der Waals surface area contributed by atoms with Crippen molar-refractivity contribution in [3.8, 4) is 23.1 Å². The molecule has 16 heteroatoms. The third-order valence-corrected chi connectivity index (χ3v) is 6.01. The van der Waals surface area contributed by atoms with Gasteiger partial charge in [-0.3, -0.25) is 4.79 Å². The first kappa shape index (κ1) is 35.7. The predicted molar refractivity (Wildman–Crippen MR) is 148 cm³/mol. The van der Waals surface area contributed by atoms with Gasteiger partial charge >= 0.3 is 24.5 Å². The molecule has 0 amide bonds. The van der Waals surface area contributed by atoms with Crippen LogP contribution in [-0.4, -0.2) is 45.9 Å². The van der Waals surface area contributed by atoms with E-state index in [9.17, 15) is 41.2 Å². The van der Waals surface area contributed by atoms with Crippen molar-refractivity contribution in [1.29, 1.82) is 5.26 Å². The fraction of sp³-hybridized carbons (Fsp3) is 0.433. The zero-order valence-corrected chi connectivity index (χ0v) is 25.4. The lowest BCUT2D eigenvalue weighted by Gasteiger charge is -2.27. The Morgan fingerprint density at radius 3 is 2.22 bits per heavy atom. The van der Waals surface area contributed by atoms with E-state index >= 15 is 0 Å². The van der Waals surface area contributed by atoms with Gasteiger partial charge in [-0.1, -0.05) is 12.1 Å². The Hall–Kier alpha value is -4.81. The maximum atomic E-state index is 13.4. The summed E-state index contributed by atoms with van der Waals surface area (Å²) in [6.07, 6.45) is -10.8. The average Bonchev–Trinajstić information content (AvgIpc) is 3.36. The molecule has 0 saturated carbocycles. The Bertz CT molecular complexity index is 1600. The Morgan fingerprint density at radius 2 is 1.61 bits per heavy atom. The van der Waals surface area contributed by atoms with Crippen LogP contribution in [0.15, 0.2) is 42.5 Å². The molecule has 3 rings (SSSR count). The van der Waals surface area contributed by atoms with Gasteiger partial charge in [0, 0.05) is 11.1 Å². The van der Waals surface area contributed by atoms with E-state index in [-0.39, 0.29) is 42.5 Å². The van der Waals surface area contributed by atoms with Crippen LogP contribution in [0.4, 0.5) is 31.1 Å². The molecule has 1 aromatic heterocycles. The van der Waals surface area contributed by atoms with Gasteiger partial charge in [0.15, 0.2) is 5.69 Å². The van der Waals surface area contributed by atoms with Gasteiger partial charge in [-0.25, -0.2) is 4.79 Å². The molecule has 0 aliphatic heterocycles. The number of nitriles is 1. The van der Waals surface area contributed by atoms with Crippen LogP contribution in [0.3, 0.4) is 0 Å². The van der Waals surface area contributed by atoms with Crippen molar-refractivity contribution in [3.05, 3.63) is 64.8 Å². The van der Waals surface area contributed by atoms with Gasteiger partial charge in [-0.05, 0) is 65.0 Å². The van der Waals surface area contributed by atoms with Gasteiger partial charge in [-0.15, -0.1) is 5.10 Å². The van der Waals surface area contributed by atoms with Crippen LogP contribution in [0.5, 0.6) is 5.75 Å². The van der Waals surface area contributed by atoms with Crippen molar-refractivity contribution in [3.63, 3.8) is 0 Å². The summed E-state index contributed by atoms with van der Waals surface area (Å²) in [4.78, 5) is 25.4. The summed E-state index contributed by atoms with van der Waals surface area (Å²) in [7, 11) is 0. The first-order valence-electron chi connectivity index (χ1n) is 13.6. The standard InChI is InChI=1S/C30H30F6N4O6/c1-27(2,3)46-25(41)28(4,5)17-45-26(42)43-12-11-40-38-23(15-37)24(39-40)18-7-6-8-21(14-18)44-16-19-13-20(29(31,32)33)9-10-22(19)30(34,35)36/h6-10,13-14H,11-12,16-17H2,1-5H3. The minimum absolute atomic E-state index is 0.0122. The van der Waals surface area contributed by atoms with Gasteiger partial charge in [0.1, 0.15) is 42.9 Å². The van der Waals surface area contributed by atoms with Crippen LogP contribution in [0.1, 0.15) is 57.0 Å². The van der Waals surface area contributed by atoms with E-state index in [1.807, 2.05) is 6.07 Å². The number of nitrogens with zero attached hydrogens (tertiary/aromatic N) is 4. The summed E-state index contributed by atoms with van der Waals surface area (Å²) in [5.74, 6) is -0.580. The van der Waals surface area contributed by atoms with Crippen LogP contribution in [0, 0.1) is 16.7 Å². The molecule has 1 heterocycles. The van der Waals surface area contributed by atoms with E-state index in [1.54, 1.807) is 20.8 Å². The minimum Gasteiger partial charge on any atom is -0.489 e. The number of carbonyl (C=O) groups is 2. The summed E-state index contributed by atoms with van der Waals surface area (Å²) in [6, 6.07) is 8.58. The first-order valence-corrected chi connectivity index (χ1v) is 13.6. The molecule has 46 heavy (non-hydrogen) atoms. The number of carbonyl (C=O) groups excluding carboxylic acids is 2. The number of hydrogen-bond acceptors (Lipinski definition) is 9. The zero-order valence-electron chi connectivity index (χ0n) is 25.4. The predicted octanol–water partition coefficient (Wildman–Crippen LogP) is 6.95. The molecule has 0 N–H and O–H groups in total. The number of alkyl halides is 6. The van der Waals surface area contributed by atoms with Gasteiger partial charge in [-0.2, -0.15) is 41.5 Å². The second-order valence-corrected chi connectivity index (χ2v) is 11.6. The van der Waals surface area contributed by atoms with Crippen LogP contribution in [-0.2, 0) is 44.5 Å². The maximum absolute atomic E-state index is 13.4. The van der Waals surface area contributed by atoms with Crippen molar-refractivity contribution >= 4 is 12.1 Å². The lowest BCUT2D eigenvalue weighted by molar-refractivity contribution is -0.168. The molecule has 0 bridgehead atoms. The number of aromatic nitrogens is 3. The molecule has 0 aliphatic rings. The highest BCUT2D eigenvalue weighted by Crippen LogP contribution is 2.37. The van der Waals surface area contributed by atoms with E-state index in [2.05, 4.69) is 10.2 Å². The van der Waals surface area contributed by atoms with Crippen LogP contribution < -0.4 is 4.74 Å². The zero-order chi connectivity index (χ0) is 34.5. The van der Waals surface area contributed by atoms with Gasteiger partial charge < -0.3 is 18.9 Å². The van der Waals surface area contributed by atoms with Crippen molar-refractivity contribution in [2.24, 2.45) is 5.41 Å². The molecule has 0 fully saturated rings. The third kappa shape index (κ3) is 9.85. The van der Waals surface area contributed by atoms with Crippen LogP contribution in [0.2, 0.25) is 0 Å². The van der Waals surface area contributed by atoms with E-state index in [0.29, 0.717) is 18.2 Å². The number of ether oxygens (including phenoxy) is 4. The molecular formula is C30H30F6N4O6. The lowest BCUT2D eigenvalue weighted by atomic mass is 9.95. The Kier molecular flexibility index (Phi) is 10.6. The SMILES string of the molecule is CC(C)(C)OC(=O)C(C)(C)COC(=O)OCCn1nc(C#N)c(-c2cccc(OCc3cc(C(F)(F)F)ccc3C(F)(F)F)c2)n1. The fourth-order valence-corrected chi connectivity index (χ4v) is 3.74. The molecule has 0 aliphatic carbocycles. The Balaban J connectivity index is 1.65. The molecule has 0 atom stereocenters. The number of hydrogen-bond donors (Lipinski definition) is 0. The van der Waals surface area contributed by atoms with Crippen molar-refractivity contribution in [2.45, 2.75) is 65.7 Å². The molecule has 0 unspecified atom stereocenters. The molecule has 0 radical (unpaired) electrons. The van der Waals surface area contributed by atoms with E-state index in [4.69, 9.17) is 18.9 Å². The largest absolute Gasteiger partial charge is 0.508 e. The molecule has 0 spiro atoms. The van der Waals surface area contributed by atoms with Crippen molar-refractivity contribution in [1.82, 2.24) is 15.0 Å². The maximum Gasteiger partial charge on any atom is 0.508 e. The Morgan fingerprint density at radius 1 is 0.913 bits per heavy atom.